The fourth-order valence-electron chi connectivity index (χ4n) is 2.42. The second-order valence-electron chi connectivity index (χ2n) is 5.43. The smallest absolute Gasteiger partial charge is 0.0412 e. The summed E-state index contributed by atoms with van der Waals surface area (Å²) in [5.74, 6) is 0.690. The molecular weight excluding hydrogens is 266 g/mol. The van der Waals surface area contributed by atoms with Crippen molar-refractivity contribution in [1.82, 2.24) is 0 Å². The number of nitrogens with two attached hydrogens (primary N) is 1. The quantitative estimate of drug-likeness (QED) is 0.801. The zero-order valence-electron chi connectivity index (χ0n) is 12.0. The van der Waals surface area contributed by atoms with Crippen molar-refractivity contribution in [2.45, 2.75) is 26.2 Å². The Kier molecular flexibility index (Phi) is 5.63. The maximum absolute atomic E-state index is 6.06. The Morgan fingerprint density at radius 2 is 1.70 bits per heavy atom. The van der Waals surface area contributed by atoms with Gasteiger partial charge in [-0.25, -0.2) is 0 Å². The van der Waals surface area contributed by atoms with E-state index in [-0.39, 0.29) is 0 Å². The maximum Gasteiger partial charge on any atom is 0.0412 e. The van der Waals surface area contributed by atoms with Crippen molar-refractivity contribution in [3.8, 4) is 11.1 Å². The Bertz CT molecular complexity index is 551. The van der Waals surface area contributed by atoms with Gasteiger partial charge in [-0.2, -0.15) is 0 Å². The summed E-state index contributed by atoms with van der Waals surface area (Å²) in [6, 6.07) is 16.7. The molecule has 106 valence electrons. The topological polar surface area (TPSA) is 26.0 Å². The Morgan fingerprint density at radius 3 is 2.40 bits per heavy atom. The van der Waals surface area contributed by atoms with E-state index in [1.807, 2.05) is 18.2 Å². The summed E-state index contributed by atoms with van der Waals surface area (Å²) in [6.45, 7) is 3.05. The third-order valence-electron chi connectivity index (χ3n) is 3.67. The monoisotopic (exact) mass is 287 g/mol. The second kappa shape index (κ2) is 7.47. The largest absolute Gasteiger partial charge is 0.330 e. The van der Waals surface area contributed by atoms with Gasteiger partial charge in [-0.3, -0.25) is 0 Å². The third kappa shape index (κ3) is 4.36. The summed E-state index contributed by atoms with van der Waals surface area (Å²) in [6.07, 6.45) is 3.40. The first-order valence-corrected chi connectivity index (χ1v) is 7.62. The molecule has 0 heterocycles. The molecule has 1 unspecified atom stereocenters. The highest BCUT2D eigenvalue weighted by atomic mass is 35.5. The van der Waals surface area contributed by atoms with Crippen molar-refractivity contribution in [2.24, 2.45) is 11.7 Å². The first kappa shape index (κ1) is 15.1. The molecule has 0 fully saturated rings. The van der Waals surface area contributed by atoms with Gasteiger partial charge in [-0.1, -0.05) is 54.9 Å². The average Bonchev–Trinajstić information content (AvgIpc) is 2.46. The van der Waals surface area contributed by atoms with Crippen molar-refractivity contribution in [2.75, 3.05) is 6.54 Å². The highest BCUT2D eigenvalue weighted by molar-refractivity contribution is 6.30. The second-order valence-corrected chi connectivity index (χ2v) is 5.87. The van der Waals surface area contributed by atoms with Crippen molar-refractivity contribution in [3.63, 3.8) is 0 Å². The predicted molar refractivity (Wildman–Crippen MR) is 88.0 cm³/mol. The summed E-state index contributed by atoms with van der Waals surface area (Å²) in [5.41, 5.74) is 9.39. The number of rotatable bonds is 6. The van der Waals surface area contributed by atoms with Crippen LogP contribution in [0.15, 0.2) is 48.5 Å². The summed E-state index contributed by atoms with van der Waals surface area (Å²) < 4.78 is 0. The van der Waals surface area contributed by atoms with Gasteiger partial charge < -0.3 is 5.73 Å². The van der Waals surface area contributed by atoms with Crippen LogP contribution in [0.4, 0.5) is 0 Å². The van der Waals surface area contributed by atoms with Crippen LogP contribution in [0.1, 0.15) is 25.3 Å². The lowest BCUT2D eigenvalue weighted by Crippen LogP contribution is -2.06. The van der Waals surface area contributed by atoms with E-state index in [9.17, 15) is 0 Å². The summed E-state index contributed by atoms with van der Waals surface area (Å²) in [5, 5.41) is 0.782. The van der Waals surface area contributed by atoms with E-state index in [0.717, 1.165) is 24.4 Å². The highest BCUT2D eigenvalue weighted by Crippen LogP contribution is 2.24. The predicted octanol–water partition coefficient (Wildman–Crippen LogP) is 4.92. The Morgan fingerprint density at radius 1 is 1.00 bits per heavy atom. The van der Waals surface area contributed by atoms with E-state index in [1.54, 1.807) is 0 Å². The van der Waals surface area contributed by atoms with Gasteiger partial charge in [0.1, 0.15) is 0 Å². The lowest BCUT2D eigenvalue weighted by Gasteiger charge is -2.10. The first-order valence-electron chi connectivity index (χ1n) is 7.24. The van der Waals surface area contributed by atoms with Crippen LogP contribution < -0.4 is 5.73 Å². The molecule has 0 saturated carbocycles. The molecule has 0 bridgehead atoms. The van der Waals surface area contributed by atoms with Gasteiger partial charge >= 0.3 is 0 Å². The highest BCUT2D eigenvalue weighted by Gasteiger charge is 2.04. The van der Waals surface area contributed by atoms with Crippen LogP contribution >= 0.6 is 11.6 Å². The van der Waals surface area contributed by atoms with E-state index in [2.05, 4.69) is 37.3 Å². The standard InChI is InChI=1S/C18H22ClN/c1-14(10-11-20)8-9-15-4-2-5-16(12-15)17-6-3-7-18(19)13-17/h2-7,12-14H,8-11,20H2,1H3. The van der Waals surface area contributed by atoms with Gasteiger partial charge in [0.2, 0.25) is 0 Å². The molecule has 0 spiro atoms. The Balaban J connectivity index is 2.08. The fraction of sp³-hybridized carbons (Fsp3) is 0.333. The molecule has 0 aromatic heterocycles. The van der Waals surface area contributed by atoms with Crippen LogP contribution in [0, 0.1) is 5.92 Å². The fourth-order valence-corrected chi connectivity index (χ4v) is 2.61. The molecule has 20 heavy (non-hydrogen) atoms. The summed E-state index contributed by atoms with van der Waals surface area (Å²) in [4.78, 5) is 0. The molecule has 2 rings (SSSR count). The molecular formula is C18H22ClN. The molecule has 0 saturated heterocycles. The molecule has 0 aliphatic heterocycles. The maximum atomic E-state index is 6.06. The number of aryl methyl sites for hydroxylation is 1. The number of benzene rings is 2. The molecule has 0 aliphatic carbocycles. The minimum absolute atomic E-state index is 0.690. The Hall–Kier alpha value is -1.31. The SMILES string of the molecule is CC(CCN)CCc1cccc(-c2cccc(Cl)c2)c1. The van der Waals surface area contributed by atoms with Crippen molar-refractivity contribution in [3.05, 3.63) is 59.1 Å². The minimum atomic E-state index is 0.690. The molecule has 2 heteroatoms. The van der Waals surface area contributed by atoms with Crippen molar-refractivity contribution in [1.29, 1.82) is 0 Å². The number of hydrogen-bond donors (Lipinski definition) is 1. The van der Waals surface area contributed by atoms with Gasteiger partial charge in [-0.05, 0) is 60.5 Å². The summed E-state index contributed by atoms with van der Waals surface area (Å²) in [7, 11) is 0. The third-order valence-corrected chi connectivity index (χ3v) is 3.91. The molecule has 0 amide bonds. The molecule has 2 N–H and O–H groups in total. The van der Waals surface area contributed by atoms with Crippen LogP contribution in [0.25, 0.3) is 11.1 Å². The number of halogens is 1. The number of hydrogen-bond acceptors (Lipinski definition) is 1. The van der Waals surface area contributed by atoms with E-state index in [0.29, 0.717) is 5.92 Å². The van der Waals surface area contributed by atoms with E-state index >= 15 is 0 Å². The average molecular weight is 288 g/mol. The molecule has 1 atom stereocenters. The zero-order chi connectivity index (χ0) is 14.4. The van der Waals surface area contributed by atoms with Crippen LogP contribution in [-0.4, -0.2) is 6.54 Å². The van der Waals surface area contributed by atoms with Gasteiger partial charge in [-0.15, -0.1) is 0 Å². The van der Waals surface area contributed by atoms with Gasteiger partial charge in [0.15, 0.2) is 0 Å². The van der Waals surface area contributed by atoms with Gasteiger partial charge in [0.05, 0.1) is 0 Å². The Labute approximate surface area is 126 Å². The molecule has 0 radical (unpaired) electrons. The minimum Gasteiger partial charge on any atom is -0.330 e. The van der Waals surface area contributed by atoms with Gasteiger partial charge in [0, 0.05) is 5.02 Å². The van der Waals surface area contributed by atoms with Crippen LogP contribution in [0.3, 0.4) is 0 Å². The van der Waals surface area contributed by atoms with Gasteiger partial charge in [0.25, 0.3) is 0 Å². The zero-order valence-corrected chi connectivity index (χ0v) is 12.7. The van der Waals surface area contributed by atoms with Crippen molar-refractivity contribution < 1.29 is 0 Å². The van der Waals surface area contributed by atoms with Crippen LogP contribution in [-0.2, 0) is 6.42 Å². The first-order chi connectivity index (χ1) is 9.69. The van der Waals surface area contributed by atoms with E-state index in [1.165, 1.54) is 23.1 Å². The van der Waals surface area contributed by atoms with Crippen LogP contribution in [0.2, 0.25) is 5.02 Å². The molecule has 2 aromatic carbocycles. The normalized spacial score (nSPS) is 12.3. The summed E-state index contributed by atoms with van der Waals surface area (Å²) >= 11 is 6.06. The lowest BCUT2D eigenvalue weighted by atomic mass is 9.96. The van der Waals surface area contributed by atoms with Crippen LogP contribution in [0.5, 0.6) is 0 Å². The van der Waals surface area contributed by atoms with E-state index in [4.69, 9.17) is 17.3 Å². The molecule has 1 nitrogen and oxygen atoms in total. The molecule has 0 aliphatic rings. The van der Waals surface area contributed by atoms with E-state index < -0.39 is 0 Å². The molecule has 2 aromatic rings. The van der Waals surface area contributed by atoms with Crippen molar-refractivity contribution >= 4 is 11.6 Å². The lowest BCUT2D eigenvalue weighted by molar-refractivity contribution is 0.500.